The number of aromatic nitrogens is 3. The van der Waals surface area contributed by atoms with E-state index >= 15 is 0 Å². The molecule has 10 heteroatoms. The molecule has 1 saturated carbocycles. The maximum absolute atomic E-state index is 13.3. The summed E-state index contributed by atoms with van der Waals surface area (Å²) >= 11 is 6.89. The van der Waals surface area contributed by atoms with Crippen molar-refractivity contribution in [3.8, 4) is 0 Å². The van der Waals surface area contributed by atoms with Gasteiger partial charge in [-0.05, 0) is 44.9 Å². The number of carbonyl (C=O) groups is 1. The number of carbonyl (C=O) groups excluding carboxylic acids is 1. The van der Waals surface area contributed by atoms with Crippen LogP contribution in [0.5, 0.6) is 0 Å². The Morgan fingerprint density at radius 2 is 1.97 bits per heavy atom. The summed E-state index contributed by atoms with van der Waals surface area (Å²) in [5, 5.41) is 10.6. The van der Waals surface area contributed by atoms with Crippen molar-refractivity contribution in [2.24, 2.45) is 0 Å². The molecule has 1 heterocycles. The lowest BCUT2D eigenvalue weighted by molar-refractivity contribution is -0.137. The first-order valence-electron chi connectivity index (χ1n) is 9.42. The number of nitrogens with zero attached hydrogens (tertiary/aromatic N) is 3. The second-order valence-corrected chi connectivity index (χ2v) is 8.87. The van der Waals surface area contributed by atoms with Gasteiger partial charge in [0.2, 0.25) is 5.91 Å². The van der Waals surface area contributed by atoms with E-state index in [2.05, 4.69) is 20.1 Å². The molecule has 1 aliphatic carbocycles. The summed E-state index contributed by atoms with van der Waals surface area (Å²) < 4.78 is 41.8. The monoisotopic (exact) mass is 446 g/mol. The molecule has 2 aromatic rings. The first-order chi connectivity index (χ1) is 13.7. The third-order valence-corrected chi connectivity index (χ3v) is 6.26. The Kier molecular flexibility index (Phi) is 6.78. The van der Waals surface area contributed by atoms with Crippen LogP contribution in [0.3, 0.4) is 0 Å². The standard InChI is InChI=1S/C19H22ClF3N4OS/c1-11(17(28)24-16-9-8-13(20)10-15(16)19(21,22)23)29-18-26-25-12(2)27(18)14-6-4-3-5-7-14/h8-11,14H,3-7H2,1-2H3,(H,24,28). The van der Waals surface area contributed by atoms with E-state index in [1.54, 1.807) is 6.92 Å². The molecule has 1 N–H and O–H groups in total. The SMILES string of the molecule is Cc1nnc(SC(C)C(=O)Nc2ccc(Cl)cc2C(F)(F)F)n1C1CCCCC1. The van der Waals surface area contributed by atoms with Gasteiger partial charge in [0, 0.05) is 11.1 Å². The van der Waals surface area contributed by atoms with E-state index in [0.717, 1.165) is 43.6 Å². The second kappa shape index (κ2) is 8.95. The summed E-state index contributed by atoms with van der Waals surface area (Å²) in [6.07, 6.45) is 0.932. The zero-order valence-corrected chi connectivity index (χ0v) is 17.7. The highest BCUT2D eigenvalue weighted by Crippen LogP contribution is 2.37. The number of halogens is 4. The van der Waals surface area contributed by atoms with Gasteiger partial charge in [-0.1, -0.05) is 42.6 Å². The lowest BCUT2D eigenvalue weighted by Gasteiger charge is -2.25. The first kappa shape index (κ1) is 22.0. The van der Waals surface area contributed by atoms with Gasteiger partial charge in [-0.15, -0.1) is 10.2 Å². The minimum atomic E-state index is -4.62. The summed E-state index contributed by atoms with van der Waals surface area (Å²) in [6, 6.07) is 3.57. The van der Waals surface area contributed by atoms with Gasteiger partial charge >= 0.3 is 6.18 Å². The molecule has 5 nitrogen and oxygen atoms in total. The minimum absolute atomic E-state index is 0.0474. The van der Waals surface area contributed by atoms with Gasteiger partial charge in [-0.3, -0.25) is 4.79 Å². The molecule has 0 radical (unpaired) electrons. The van der Waals surface area contributed by atoms with Crippen LogP contribution in [-0.4, -0.2) is 25.9 Å². The number of thioether (sulfide) groups is 1. The normalized spacial score (nSPS) is 16.6. The van der Waals surface area contributed by atoms with E-state index < -0.39 is 22.9 Å². The first-order valence-corrected chi connectivity index (χ1v) is 10.7. The van der Waals surface area contributed by atoms with E-state index in [9.17, 15) is 18.0 Å². The van der Waals surface area contributed by atoms with Gasteiger partial charge in [0.05, 0.1) is 16.5 Å². The number of hydrogen-bond donors (Lipinski definition) is 1. The number of rotatable bonds is 5. The van der Waals surface area contributed by atoms with Crippen molar-refractivity contribution >= 4 is 35.0 Å². The minimum Gasteiger partial charge on any atom is -0.325 e. The van der Waals surface area contributed by atoms with Gasteiger partial charge in [0.15, 0.2) is 5.16 Å². The Hall–Kier alpha value is -1.74. The van der Waals surface area contributed by atoms with Crippen LogP contribution in [0.1, 0.15) is 56.5 Å². The number of nitrogens with one attached hydrogen (secondary N) is 1. The van der Waals surface area contributed by atoms with Crippen molar-refractivity contribution in [1.82, 2.24) is 14.8 Å². The third-order valence-electron chi connectivity index (χ3n) is 4.97. The molecule has 1 aromatic heterocycles. The van der Waals surface area contributed by atoms with Crippen molar-refractivity contribution in [2.75, 3.05) is 5.32 Å². The van der Waals surface area contributed by atoms with Crippen LogP contribution in [0.2, 0.25) is 5.02 Å². The number of anilines is 1. The van der Waals surface area contributed by atoms with Crippen molar-refractivity contribution in [3.63, 3.8) is 0 Å². The predicted molar refractivity (Wildman–Crippen MR) is 107 cm³/mol. The molecule has 1 amide bonds. The number of alkyl halides is 3. The van der Waals surface area contributed by atoms with Crippen LogP contribution >= 0.6 is 23.4 Å². The Balaban J connectivity index is 1.74. The Morgan fingerprint density at radius 3 is 2.62 bits per heavy atom. The zero-order chi connectivity index (χ0) is 21.2. The Morgan fingerprint density at radius 1 is 1.28 bits per heavy atom. The van der Waals surface area contributed by atoms with Gasteiger partial charge in [0.25, 0.3) is 0 Å². The summed E-state index contributed by atoms with van der Waals surface area (Å²) in [5.41, 5.74) is -1.29. The highest BCUT2D eigenvalue weighted by Gasteiger charge is 2.34. The van der Waals surface area contributed by atoms with E-state index in [1.165, 1.54) is 24.2 Å². The summed E-state index contributed by atoms with van der Waals surface area (Å²) in [4.78, 5) is 12.6. The highest BCUT2D eigenvalue weighted by atomic mass is 35.5. The number of amides is 1. The number of benzene rings is 1. The molecule has 1 aromatic carbocycles. The zero-order valence-electron chi connectivity index (χ0n) is 16.1. The fourth-order valence-corrected chi connectivity index (χ4v) is 4.63. The maximum Gasteiger partial charge on any atom is 0.418 e. The van der Waals surface area contributed by atoms with Crippen molar-refractivity contribution in [2.45, 2.75) is 68.6 Å². The molecule has 29 heavy (non-hydrogen) atoms. The fraction of sp³-hybridized carbons (Fsp3) is 0.526. The lowest BCUT2D eigenvalue weighted by Crippen LogP contribution is -2.25. The van der Waals surface area contributed by atoms with Crippen LogP contribution in [0.15, 0.2) is 23.4 Å². The fourth-order valence-electron chi connectivity index (χ4n) is 3.50. The molecule has 158 valence electrons. The molecule has 0 aliphatic heterocycles. The van der Waals surface area contributed by atoms with Crippen molar-refractivity contribution < 1.29 is 18.0 Å². The van der Waals surface area contributed by atoms with Crippen LogP contribution in [0, 0.1) is 6.92 Å². The molecule has 1 atom stereocenters. The maximum atomic E-state index is 13.3. The predicted octanol–water partition coefficient (Wildman–Crippen LogP) is 5.88. The van der Waals surface area contributed by atoms with Crippen LogP contribution in [-0.2, 0) is 11.0 Å². The molecule has 0 saturated heterocycles. The summed E-state index contributed by atoms with van der Waals surface area (Å²) in [7, 11) is 0. The molecule has 1 unspecified atom stereocenters. The molecule has 3 rings (SSSR count). The van der Waals surface area contributed by atoms with Gasteiger partial charge in [-0.25, -0.2) is 0 Å². The molecular weight excluding hydrogens is 425 g/mol. The van der Waals surface area contributed by atoms with E-state index in [0.29, 0.717) is 11.2 Å². The Labute approximate surface area is 176 Å². The van der Waals surface area contributed by atoms with Crippen LogP contribution < -0.4 is 5.32 Å². The molecule has 1 fully saturated rings. The third kappa shape index (κ3) is 5.25. The molecular formula is C19H22ClF3N4OS. The number of hydrogen-bond acceptors (Lipinski definition) is 4. The quantitative estimate of drug-likeness (QED) is 0.582. The van der Waals surface area contributed by atoms with Gasteiger partial charge in [0.1, 0.15) is 5.82 Å². The highest BCUT2D eigenvalue weighted by molar-refractivity contribution is 8.00. The topological polar surface area (TPSA) is 59.8 Å². The van der Waals surface area contributed by atoms with Gasteiger partial charge in [-0.2, -0.15) is 13.2 Å². The molecule has 1 aliphatic rings. The lowest BCUT2D eigenvalue weighted by atomic mass is 9.95. The Bertz CT molecular complexity index is 881. The average molecular weight is 447 g/mol. The summed E-state index contributed by atoms with van der Waals surface area (Å²) in [5.74, 6) is 0.239. The van der Waals surface area contributed by atoms with E-state index in [1.807, 2.05) is 6.92 Å². The average Bonchev–Trinajstić information content (AvgIpc) is 3.03. The van der Waals surface area contributed by atoms with E-state index in [4.69, 9.17) is 11.6 Å². The van der Waals surface area contributed by atoms with Crippen LogP contribution in [0.4, 0.5) is 18.9 Å². The summed E-state index contributed by atoms with van der Waals surface area (Å²) in [6.45, 7) is 3.51. The second-order valence-electron chi connectivity index (χ2n) is 7.13. The molecule has 0 bridgehead atoms. The largest absolute Gasteiger partial charge is 0.418 e. The smallest absolute Gasteiger partial charge is 0.325 e. The van der Waals surface area contributed by atoms with Crippen LogP contribution in [0.25, 0.3) is 0 Å². The van der Waals surface area contributed by atoms with Crippen molar-refractivity contribution in [3.05, 3.63) is 34.6 Å². The van der Waals surface area contributed by atoms with E-state index in [-0.39, 0.29) is 10.7 Å². The number of aryl methyl sites for hydroxylation is 1. The van der Waals surface area contributed by atoms with Crippen molar-refractivity contribution in [1.29, 1.82) is 0 Å². The molecule has 0 spiro atoms. The van der Waals surface area contributed by atoms with Gasteiger partial charge < -0.3 is 9.88 Å².